The molecule has 0 amide bonds. The van der Waals surface area contributed by atoms with Crippen molar-refractivity contribution < 1.29 is 5.11 Å². The molecule has 0 aliphatic heterocycles. The van der Waals surface area contributed by atoms with Gasteiger partial charge in [-0.3, -0.25) is 0 Å². The predicted octanol–water partition coefficient (Wildman–Crippen LogP) is 1.77. The van der Waals surface area contributed by atoms with Crippen LogP contribution in [0, 0.1) is 0 Å². The molecule has 1 aliphatic carbocycles. The van der Waals surface area contributed by atoms with Gasteiger partial charge in [0.15, 0.2) is 0 Å². The monoisotopic (exact) mass is 191 g/mol. The van der Waals surface area contributed by atoms with Crippen LogP contribution in [0.15, 0.2) is 24.3 Å². The summed E-state index contributed by atoms with van der Waals surface area (Å²) in [6.45, 7) is 0.124. The van der Waals surface area contributed by atoms with Crippen molar-refractivity contribution in [1.82, 2.24) is 0 Å². The third-order valence-corrected chi connectivity index (χ3v) is 3.19. The lowest BCUT2D eigenvalue weighted by Gasteiger charge is -2.18. The molecule has 2 heteroatoms. The highest BCUT2D eigenvalue weighted by atomic mass is 16.3. The van der Waals surface area contributed by atoms with Crippen molar-refractivity contribution in [2.75, 3.05) is 0 Å². The zero-order valence-corrected chi connectivity index (χ0v) is 8.32. The normalized spacial score (nSPS) is 26.7. The lowest BCUT2D eigenvalue weighted by Crippen LogP contribution is -2.23. The van der Waals surface area contributed by atoms with Gasteiger partial charge in [0, 0.05) is 6.04 Å². The standard InChI is InChI=1S/C12H17NO/c13-12-7-3-6-11(12)10-5-2-1-4-9(10)8-14/h1-2,4-5,11-12,14H,3,6-8,13H2/t11-,12-/m0/s1. The fraction of sp³-hybridized carbons (Fsp3) is 0.500. The third-order valence-electron chi connectivity index (χ3n) is 3.19. The average molecular weight is 191 g/mol. The minimum atomic E-state index is 0.124. The Balaban J connectivity index is 2.30. The lowest BCUT2D eigenvalue weighted by molar-refractivity contribution is 0.279. The van der Waals surface area contributed by atoms with Gasteiger partial charge in [0.25, 0.3) is 0 Å². The zero-order chi connectivity index (χ0) is 9.97. The molecule has 3 N–H and O–H groups in total. The highest BCUT2D eigenvalue weighted by Crippen LogP contribution is 2.34. The molecule has 2 rings (SSSR count). The van der Waals surface area contributed by atoms with Crippen molar-refractivity contribution in [1.29, 1.82) is 0 Å². The van der Waals surface area contributed by atoms with Crippen molar-refractivity contribution in [3.05, 3.63) is 35.4 Å². The molecular weight excluding hydrogens is 174 g/mol. The summed E-state index contributed by atoms with van der Waals surface area (Å²) in [5.74, 6) is 0.457. The van der Waals surface area contributed by atoms with Crippen molar-refractivity contribution in [2.45, 2.75) is 37.8 Å². The summed E-state index contributed by atoms with van der Waals surface area (Å²) in [4.78, 5) is 0. The van der Waals surface area contributed by atoms with Crippen LogP contribution in [-0.4, -0.2) is 11.1 Å². The van der Waals surface area contributed by atoms with Gasteiger partial charge < -0.3 is 10.8 Å². The van der Waals surface area contributed by atoms with E-state index >= 15 is 0 Å². The van der Waals surface area contributed by atoms with Crippen LogP contribution in [0.25, 0.3) is 0 Å². The molecule has 0 heterocycles. The van der Waals surface area contributed by atoms with Gasteiger partial charge in [0.05, 0.1) is 6.61 Å². The maximum atomic E-state index is 9.22. The van der Waals surface area contributed by atoms with E-state index in [1.165, 1.54) is 12.0 Å². The van der Waals surface area contributed by atoms with E-state index in [0.29, 0.717) is 5.92 Å². The van der Waals surface area contributed by atoms with Gasteiger partial charge in [0.2, 0.25) is 0 Å². The van der Waals surface area contributed by atoms with Gasteiger partial charge in [-0.05, 0) is 29.9 Å². The number of hydrogen-bond donors (Lipinski definition) is 2. The molecule has 1 saturated carbocycles. The van der Waals surface area contributed by atoms with Crippen LogP contribution in [0.1, 0.15) is 36.3 Å². The maximum Gasteiger partial charge on any atom is 0.0684 e. The summed E-state index contributed by atoms with van der Waals surface area (Å²) in [6.07, 6.45) is 3.49. The Morgan fingerprint density at radius 1 is 1.29 bits per heavy atom. The van der Waals surface area contributed by atoms with E-state index in [2.05, 4.69) is 6.07 Å². The van der Waals surface area contributed by atoms with Crippen LogP contribution >= 0.6 is 0 Å². The second kappa shape index (κ2) is 4.11. The molecule has 0 unspecified atom stereocenters. The minimum Gasteiger partial charge on any atom is -0.392 e. The number of benzene rings is 1. The van der Waals surface area contributed by atoms with E-state index in [1.54, 1.807) is 0 Å². The summed E-state index contributed by atoms with van der Waals surface area (Å²) in [7, 11) is 0. The first kappa shape index (κ1) is 9.69. The smallest absolute Gasteiger partial charge is 0.0684 e. The van der Waals surface area contributed by atoms with Crippen LogP contribution in [0.4, 0.5) is 0 Å². The van der Waals surface area contributed by atoms with E-state index in [1.807, 2.05) is 18.2 Å². The summed E-state index contributed by atoms with van der Waals surface area (Å²) >= 11 is 0. The van der Waals surface area contributed by atoms with Crippen LogP contribution in [-0.2, 0) is 6.61 Å². The van der Waals surface area contributed by atoms with Gasteiger partial charge in [-0.1, -0.05) is 30.7 Å². The second-order valence-corrected chi connectivity index (χ2v) is 4.06. The Bertz CT molecular complexity index is 311. The molecule has 2 atom stereocenters. The Morgan fingerprint density at radius 3 is 2.71 bits per heavy atom. The quantitative estimate of drug-likeness (QED) is 0.748. The molecule has 1 aromatic rings. The number of aliphatic hydroxyl groups is 1. The Labute approximate surface area is 84.7 Å². The molecule has 1 fully saturated rings. The van der Waals surface area contributed by atoms with Crippen LogP contribution < -0.4 is 5.73 Å². The van der Waals surface area contributed by atoms with Crippen molar-refractivity contribution in [3.8, 4) is 0 Å². The van der Waals surface area contributed by atoms with Gasteiger partial charge >= 0.3 is 0 Å². The van der Waals surface area contributed by atoms with Crippen LogP contribution in [0.5, 0.6) is 0 Å². The molecule has 76 valence electrons. The molecule has 0 bridgehead atoms. The summed E-state index contributed by atoms with van der Waals surface area (Å²) in [5, 5.41) is 9.22. The van der Waals surface area contributed by atoms with Crippen molar-refractivity contribution in [2.24, 2.45) is 5.73 Å². The van der Waals surface area contributed by atoms with Gasteiger partial charge in [0.1, 0.15) is 0 Å². The molecule has 1 aromatic carbocycles. The van der Waals surface area contributed by atoms with Crippen LogP contribution in [0.2, 0.25) is 0 Å². The SMILES string of the molecule is N[C@H]1CCC[C@H]1c1ccccc1CO. The van der Waals surface area contributed by atoms with E-state index in [9.17, 15) is 5.11 Å². The van der Waals surface area contributed by atoms with Crippen molar-refractivity contribution in [3.63, 3.8) is 0 Å². The van der Waals surface area contributed by atoms with Gasteiger partial charge in [-0.2, -0.15) is 0 Å². The molecule has 1 aliphatic rings. The highest BCUT2D eigenvalue weighted by Gasteiger charge is 2.26. The van der Waals surface area contributed by atoms with Crippen molar-refractivity contribution >= 4 is 0 Å². The minimum absolute atomic E-state index is 0.124. The number of nitrogens with two attached hydrogens (primary N) is 1. The maximum absolute atomic E-state index is 9.22. The molecule has 0 radical (unpaired) electrons. The first-order valence-electron chi connectivity index (χ1n) is 5.27. The fourth-order valence-electron chi connectivity index (χ4n) is 2.41. The first-order chi connectivity index (χ1) is 6.83. The topological polar surface area (TPSA) is 46.2 Å². The molecule has 0 spiro atoms. The Morgan fingerprint density at radius 2 is 2.07 bits per heavy atom. The summed E-state index contributed by atoms with van der Waals surface area (Å²) in [5.41, 5.74) is 8.34. The van der Waals surface area contributed by atoms with E-state index in [-0.39, 0.29) is 12.6 Å². The number of hydrogen-bond acceptors (Lipinski definition) is 2. The Kier molecular flexibility index (Phi) is 2.85. The summed E-state index contributed by atoms with van der Waals surface area (Å²) < 4.78 is 0. The molecule has 2 nitrogen and oxygen atoms in total. The first-order valence-corrected chi connectivity index (χ1v) is 5.27. The van der Waals surface area contributed by atoms with Gasteiger partial charge in [-0.25, -0.2) is 0 Å². The largest absolute Gasteiger partial charge is 0.392 e. The van der Waals surface area contributed by atoms with E-state index in [4.69, 9.17) is 5.73 Å². The Hall–Kier alpha value is -0.860. The number of rotatable bonds is 2. The fourth-order valence-corrected chi connectivity index (χ4v) is 2.41. The average Bonchev–Trinajstić information content (AvgIpc) is 2.64. The van der Waals surface area contributed by atoms with E-state index < -0.39 is 0 Å². The molecular formula is C12H17NO. The second-order valence-electron chi connectivity index (χ2n) is 4.06. The summed E-state index contributed by atoms with van der Waals surface area (Å²) in [6, 6.07) is 8.36. The third kappa shape index (κ3) is 1.68. The van der Waals surface area contributed by atoms with E-state index in [0.717, 1.165) is 18.4 Å². The predicted molar refractivity (Wildman–Crippen MR) is 56.9 cm³/mol. The number of aliphatic hydroxyl groups excluding tert-OH is 1. The molecule has 0 aromatic heterocycles. The van der Waals surface area contributed by atoms with Crippen LogP contribution in [0.3, 0.4) is 0 Å². The van der Waals surface area contributed by atoms with Gasteiger partial charge in [-0.15, -0.1) is 0 Å². The molecule has 14 heavy (non-hydrogen) atoms. The lowest BCUT2D eigenvalue weighted by atomic mass is 9.91. The highest BCUT2D eigenvalue weighted by molar-refractivity contribution is 5.31. The molecule has 0 saturated heterocycles. The zero-order valence-electron chi connectivity index (χ0n) is 8.32.